The number of ether oxygens (including phenoxy) is 2. The number of carbonyl (C=O) groups excluding carboxylic acids is 2. The third-order valence-corrected chi connectivity index (χ3v) is 5.38. The number of hydrogen-bond acceptors (Lipinski definition) is 6. The van der Waals surface area contributed by atoms with Crippen LogP contribution in [0.4, 0.5) is 4.79 Å². The van der Waals surface area contributed by atoms with Crippen LogP contribution in [0.1, 0.15) is 35.1 Å². The number of benzene rings is 2. The van der Waals surface area contributed by atoms with E-state index in [9.17, 15) is 14.7 Å². The molecule has 1 heterocycles. The van der Waals surface area contributed by atoms with Gasteiger partial charge in [-0.15, -0.1) is 0 Å². The van der Waals surface area contributed by atoms with Gasteiger partial charge in [0.25, 0.3) is 0 Å². The van der Waals surface area contributed by atoms with Crippen molar-refractivity contribution in [3.63, 3.8) is 0 Å². The fraction of sp³-hybridized carbons (Fsp3) is 0.208. The molecule has 2 aromatic carbocycles. The van der Waals surface area contributed by atoms with Crippen molar-refractivity contribution in [3.8, 4) is 17.0 Å². The molecular formula is C24H21N2O5-. The largest absolute Gasteiger partial charge is 0.550 e. The monoisotopic (exact) mass is 417 g/mol. The number of nitrogens with one attached hydrogen (secondary N) is 1. The van der Waals surface area contributed by atoms with Gasteiger partial charge in [-0.2, -0.15) is 0 Å². The molecule has 0 saturated carbocycles. The van der Waals surface area contributed by atoms with Crippen molar-refractivity contribution in [2.24, 2.45) is 0 Å². The molecule has 31 heavy (non-hydrogen) atoms. The van der Waals surface area contributed by atoms with E-state index in [1.165, 1.54) is 13.3 Å². The van der Waals surface area contributed by atoms with Crippen molar-refractivity contribution in [3.05, 3.63) is 83.6 Å². The molecule has 1 aromatic heterocycles. The number of methoxy groups -OCH3 is 1. The van der Waals surface area contributed by atoms with Crippen molar-refractivity contribution in [1.82, 2.24) is 10.3 Å². The Hall–Kier alpha value is -3.87. The van der Waals surface area contributed by atoms with Crippen molar-refractivity contribution >= 4 is 12.1 Å². The summed E-state index contributed by atoms with van der Waals surface area (Å²) in [4.78, 5) is 27.8. The van der Waals surface area contributed by atoms with Gasteiger partial charge in [-0.3, -0.25) is 0 Å². The first-order chi connectivity index (χ1) is 15.1. The lowest BCUT2D eigenvalue weighted by molar-refractivity contribution is -0.306. The number of carboxylic acids is 1. The van der Waals surface area contributed by atoms with Gasteiger partial charge in [-0.25, -0.2) is 9.78 Å². The molecule has 3 aromatic rings. The summed E-state index contributed by atoms with van der Waals surface area (Å²) >= 11 is 0. The molecule has 4 rings (SSSR count). The van der Waals surface area contributed by atoms with Crippen molar-refractivity contribution in [2.45, 2.75) is 18.4 Å². The smallest absolute Gasteiger partial charge is 0.407 e. The molecule has 1 N–H and O–H groups in total. The minimum atomic E-state index is -1.29. The van der Waals surface area contributed by atoms with Crippen LogP contribution < -0.4 is 15.2 Å². The lowest BCUT2D eigenvalue weighted by Gasteiger charge is -2.20. The van der Waals surface area contributed by atoms with Crippen molar-refractivity contribution in [2.75, 3.05) is 13.7 Å². The molecule has 7 heteroatoms. The second-order valence-electron chi connectivity index (χ2n) is 7.23. The van der Waals surface area contributed by atoms with Crippen LogP contribution in [0.5, 0.6) is 5.88 Å². The maximum Gasteiger partial charge on any atom is 0.407 e. The minimum Gasteiger partial charge on any atom is -0.550 e. The molecule has 1 amide bonds. The molecule has 0 fully saturated rings. The van der Waals surface area contributed by atoms with E-state index in [4.69, 9.17) is 9.47 Å². The molecule has 1 atom stereocenters. The number of carboxylic acid groups (broad SMARTS) is 1. The molecule has 158 valence electrons. The molecule has 0 radical (unpaired) electrons. The van der Waals surface area contributed by atoms with Crippen LogP contribution in [0.25, 0.3) is 11.1 Å². The molecule has 0 unspecified atom stereocenters. The topological polar surface area (TPSA) is 101 Å². The molecule has 0 saturated heterocycles. The average Bonchev–Trinajstić information content (AvgIpc) is 3.11. The first-order valence-electron chi connectivity index (χ1n) is 9.88. The Morgan fingerprint density at radius 1 is 1.03 bits per heavy atom. The summed E-state index contributed by atoms with van der Waals surface area (Å²) < 4.78 is 10.5. The summed E-state index contributed by atoms with van der Waals surface area (Å²) in [5, 5.41) is 13.8. The normalized spacial score (nSPS) is 13.1. The van der Waals surface area contributed by atoms with Gasteiger partial charge in [0.1, 0.15) is 6.61 Å². The van der Waals surface area contributed by atoms with Gasteiger partial charge in [-0.05, 0) is 27.8 Å². The highest BCUT2D eigenvalue weighted by atomic mass is 16.5. The third kappa shape index (κ3) is 4.35. The Kier molecular flexibility index (Phi) is 5.84. The van der Waals surface area contributed by atoms with E-state index in [-0.39, 0.29) is 12.5 Å². The van der Waals surface area contributed by atoms with Gasteiger partial charge in [0.2, 0.25) is 5.88 Å². The SMILES string of the molecule is COc1ccc([C@H](CC(=O)[O-])NC(=O)OCC2c3ccccc3-c3ccccc32)cn1. The van der Waals surface area contributed by atoms with E-state index in [1.54, 1.807) is 12.1 Å². The highest BCUT2D eigenvalue weighted by molar-refractivity contribution is 5.79. The van der Waals surface area contributed by atoms with E-state index in [0.29, 0.717) is 11.4 Å². The quantitative estimate of drug-likeness (QED) is 0.634. The van der Waals surface area contributed by atoms with Crippen LogP contribution in [0.3, 0.4) is 0 Å². The molecular weight excluding hydrogens is 396 g/mol. The van der Waals surface area contributed by atoms with Crippen LogP contribution in [-0.2, 0) is 9.53 Å². The number of pyridine rings is 1. The van der Waals surface area contributed by atoms with Gasteiger partial charge in [0.05, 0.1) is 13.2 Å². The number of carbonyl (C=O) groups is 2. The molecule has 1 aliphatic carbocycles. The zero-order valence-electron chi connectivity index (χ0n) is 16.9. The van der Waals surface area contributed by atoms with Gasteiger partial charge in [0, 0.05) is 30.6 Å². The van der Waals surface area contributed by atoms with E-state index in [1.807, 2.05) is 36.4 Å². The Labute approximate surface area is 179 Å². The Bertz CT molecular complexity index is 1050. The highest BCUT2D eigenvalue weighted by Crippen LogP contribution is 2.44. The Morgan fingerprint density at radius 3 is 2.23 bits per heavy atom. The molecule has 0 aliphatic heterocycles. The number of rotatable bonds is 7. The predicted octanol–water partition coefficient (Wildman–Crippen LogP) is 2.81. The lowest BCUT2D eigenvalue weighted by atomic mass is 9.98. The zero-order chi connectivity index (χ0) is 21.8. The van der Waals surface area contributed by atoms with Crippen LogP contribution in [0.2, 0.25) is 0 Å². The Morgan fingerprint density at radius 2 is 1.68 bits per heavy atom. The van der Waals surface area contributed by atoms with Crippen molar-refractivity contribution < 1.29 is 24.2 Å². The predicted molar refractivity (Wildman–Crippen MR) is 111 cm³/mol. The van der Waals surface area contributed by atoms with Gasteiger partial charge in [-0.1, -0.05) is 54.6 Å². The average molecular weight is 417 g/mol. The second kappa shape index (κ2) is 8.87. The number of aromatic nitrogens is 1. The summed E-state index contributed by atoms with van der Waals surface area (Å²) in [6, 6.07) is 18.5. The first kappa shape index (κ1) is 20.4. The summed E-state index contributed by atoms with van der Waals surface area (Å²) in [5.74, 6) is -0.989. The minimum absolute atomic E-state index is 0.0830. The maximum absolute atomic E-state index is 12.5. The Balaban J connectivity index is 1.47. The van der Waals surface area contributed by atoms with Crippen LogP contribution >= 0.6 is 0 Å². The first-order valence-corrected chi connectivity index (χ1v) is 9.88. The number of alkyl carbamates (subject to hydrolysis) is 1. The fourth-order valence-corrected chi connectivity index (χ4v) is 3.92. The van der Waals surface area contributed by atoms with Gasteiger partial charge >= 0.3 is 6.09 Å². The van der Waals surface area contributed by atoms with Gasteiger partial charge in [0.15, 0.2) is 0 Å². The zero-order valence-corrected chi connectivity index (χ0v) is 16.9. The summed E-state index contributed by atoms with van der Waals surface area (Å²) in [7, 11) is 1.48. The second-order valence-corrected chi connectivity index (χ2v) is 7.23. The molecule has 0 spiro atoms. The number of nitrogens with zero attached hydrogens (tertiary/aromatic N) is 1. The fourth-order valence-electron chi connectivity index (χ4n) is 3.92. The number of aliphatic carboxylic acids is 1. The summed E-state index contributed by atoms with van der Waals surface area (Å²) in [6.45, 7) is 0.138. The van der Waals surface area contributed by atoms with Crippen LogP contribution in [0.15, 0.2) is 66.9 Å². The number of hydrogen-bond donors (Lipinski definition) is 1. The van der Waals surface area contributed by atoms with Gasteiger partial charge < -0.3 is 24.7 Å². The molecule has 1 aliphatic rings. The van der Waals surface area contributed by atoms with Crippen LogP contribution in [0, 0.1) is 0 Å². The third-order valence-electron chi connectivity index (χ3n) is 5.38. The maximum atomic E-state index is 12.5. The number of amides is 1. The van der Waals surface area contributed by atoms with Crippen LogP contribution in [-0.4, -0.2) is 30.8 Å². The van der Waals surface area contributed by atoms with E-state index in [0.717, 1.165) is 22.3 Å². The van der Waals surface area contributed by atoms with E-state index in [2.05, 4.69) is 22.4 Å². The van der Waals surface area contributed by atoms with E-state index < -0.39 is 24.5 Å². The van der Waals surface area contributed by atoms with Crippen molar-refractivity contribution in [1.29, 1.82) is 0 Å². The molecule has 7 nitrogen and oxygen atoms in total. The lowest BCUT2D eigenvalue weighted by Crippen LogP contribution is -2.35. The molecule has 0 bridgehead atoms. The summed E-state index contributed by atoms with van der Waals surface area (Å²) in [6.07, 6.45) is 0.345. The standard InChI is InChI=1S/C24H22N2O5/c1-30-22-11-10-15(13-25-22)21(12-23(27)28)26-24(29)31-14-20-18-8-4-2-6-16(18)17-7-3-5-9-19(17)20/h2-11,13,20-21H,12,14H2,1H3,(H,26,29)(H,27,28)/p-1/t21-/m0/s1. The number of fused-ring (bicyclic) bond motifs is 3. The summed E-state index contributed by atoms with van der Waals surface area (Å²) in [5.41, 5.74) is 4.97. The van der Waals surface area contributed by atoms with E-state index >= 15 is 0 Å². The highest BCUT2D eigenvalue weighted by Gasteiger charge is 2.29.